The molecule has 1 unspecified atom stereocenters. The average molecular weight is 337 g/mol. The number of fused-ring (bicyclic) bond motifs is 1. The van der Waals surface area contributed by atoms with Gasteiger partial charge in [-0.15, -0.1) is 0 Å². The molecular weight excluding hydrogens is 320 g/mol. The average Bonchev–Trinajstić information content (AvgIpc) is 3.23. The maximum absolute atomic E-state index is 13.8. The summed E-state index contributed by atoms with van der Waals surface area (Å²) in [6.45, 7) is 1.37. The molecule has 23 heavy (non-hydrogen) atoms. The monoisotopic (exact) mass is 337 g/mol. The highest BCUT2D eigenvalue weighted by Crippen LogP contribution is 2.33. The second-order valence-corrected chi connectivity index (χ2v) is 7.31. The number of rotatable bonds is 3. The van der Waals surface area contributed by atoms with Crippen molar-refractivity contribution in [2.75, 3.05) is 18.0 Å². The summed E-state index contributed by atoms with van der Waals surface area (Å²) >= 11 is 1.28. The fourth-order valence-electron chi connectivity index (χ4n) is 2.99. The molecule has 1 atom stereocenters. The smallest absolute Gasteiger partial charge is 0.225 e. The van der Waals surface area contributed by atoms with Crippen LogP contribution >= 0.6 is 11.3 Å². The number of thiazole rings is 1. The Bertz CT molecular complexity index is 759. The number of anilines is 1. The number of nitrogens with one attached hydrogen (secondary N) is 1. The number of benzene rings is 1. The highest BCUT2D eigenvalue weighted by molar-refractivity contribution is 7.22. The van der Waals surface area contributed by atoms with Crippen molar-refractivity contribution in [3.05, 3.63) is 23.8 Å². The Labute approximate surface area is 136 Å². The molecule has 1 amide bonds. The summed E-state index contributed by atoms with van der Waals surface area (Å²) in [5.41, 5.74) is 0.205. The van der Waals surface area contributed by atoms with E-state index in [1.54, 1.807) is 0 Å². The lowest BCUT2D eigenvalue weighted by Crippen LogP contribution is -2.43. The molecular formula is C16H17F2N3OS. The Balaban J connectivity index is 1.54. The third-order valence-electron chi connectivity index (χ3n) is 4.39. The van der Waals surface area contributed by atoms with Gasteiger partial charge in [0.1, 0.15) is 11.3 Å². The van der Waals surface area contributed by atoms with E-state index in [2.05, 4.69) is 10.3 Å². The first-order chi connectivity index (χ1) is 11.1. The van der Waals surface area contributed by atoms with Crippen molar-refractivity contribution in [2.45, 2.75) is 31.7 Å². The normalized spacial score (nSPS) is 21.7. The van der Waals surface area contributed by atoms with Crippen LogP contribution in [0, 0.1) is 17.6 Å². The molecule has 1 saturated carbocycles. The van der Waals surface area contributed by atoms with Crippen molar-refractivity contribution in [2.24, 2.45) is 5.92 Å². The number of carbonyl (C=O) groups excluding carboxylic acids is 1. The molecule has 1 aliphatic heterocycles. The zero-order valence-electron chi connectivity index (χ0n) is 12.5. The lowest BCUT2D eigenvalue weighted by molar-refractivity contribution is -0.125. The highest BCUT2D eigenvalue weighted by Gasteiger charge is 2.31. The molecule has 1 N–H and O–H groups in total. The molecule has 2 aromatic rings. The van der Waals surface area contributed by atoms with E-state index in [-0.39, 0.29) is 17.3 Å². The van der Waals surface area contributed by atoms with Crippen LogP contribution in [0.2, 0.25) is 0 Å². The summed E-state index contributed by atoms with van der Waals surface area (Å²) in [5, 5.41) is 3.71. The van der Waals surface area contributed by atoms with Crippen LogP contribution in [-0.4, -0.2) is 30.0 Å². The zero-order chi connectivity index (χ0) is 16.0. The van der Waals surface area contributed by atoms with Crippen LogP contribution in [0.15, 0.2) is 12.1 Å². The van der Waals surface area contributed by atoms with Crippen LogP contribution < -0.4 is 10.2 Å². The quantitative estimate of drug-likeness (QED) is 0.936. The van der Waals surface area contributed by atoms with Crippen LogP contribution in [0.5, 0.6) is 0 Å². The Hall–Kier alpha value is -1.76. The molecule has 1 aromatic heterocycles. The third kappa shape index (κ3) is 3.02. The summed E-state index contributed by atoms with van der Waals surface area (Å²) in [6, 6.07) is 2.52. The van der Waals surface area contributed by atoms with Gasteiger partial charge in [0.05, 0.1) is 10.6 Å². The minimum absolute atomic E-state index is 0.0575. The van der Waals surface area contributed by atoms with Crippen molar-refractivity contribution in [3.8, 4) is 0 Å². The molecule has 0 bridgehead atoms. The van der Waals surface area contributed by atoms with Gasteiger partial charge in [0.25, 0.3) is 0 Å². The number of aromatic nitrogens is 1. The largest absolute Gasteiger partial charge is 0.353 e. The SMILES string of the molecule is O=C(NC1CC1)C1CCCN(c2nc3c(F)cc(F)cc3s2)C1. The van der Waals surface area contributed by atoms with E-state index in [0.29, 0.717) is 22.4 Å². The molecule has 1 aliphatic carbocycles. The van der Waals surface area contributed by atoms with Crippen LogP contribution in [0.25, 0.3) is 10.2 Å². The van der Waals surface area contributed by atoms with Gasteiger partial charge in [-0.1, -0.05) is 11.3 Å². The van der Waals surface area contributed by atoms with Gasteiger partial charge in [-0.05, 0) is 31.7 Å². The van der Waals surface area contributed by atoms with Crippen molar-refractivity contribution in [1.82, 2.24) is 10.3 Å². The fraction of sp³-hybridized carbons (Fsp3) is 0.500. The van der Waals surface area contributed by atoms with E-state index in [1.807, 2.05) is 4.90 Å². The maximum atomic E-state index is 13.8. The van der Waals surface area contributed by atoms with Crippen molar-refractivity contribution in [3.63, 3.8) is 0 Å². The van der Waals surface area contributed by atoms with E-state index in [4.69, 9.17) is 0 Å². The number of halogens is 2. The standard InChI is InChI=1S/C16H17F2N3OS/c17-10-6-12(18)14-13(7-10)23-16(20-14)21-5-1-2-9(8-21)15(22)19-11-3-4-11/h6-7,9,11H,1-5,8H2,(H,19,22). The Kier molecular flexibility index (Phi) is 3.67. The van der Waals surface area contributed by atoms with Crippen molar-refractivity contribution >= 4 is 32.6 Å². The van der Waals surface area contributed by atoms with Gasteiger partial charge in [-0.3, -0.25) is 4.79 Å². The summed E-state index contributed by atoms with van der Waals surface area (Å²) in [5.74, 6) is -1.18. The van der Waals surface area contributed by atoms with E-state index in [9.17, 15) is 13.6 Å². The van der Waals surface area contributed by atoms with Crippen molar-refractivity contribution < 1.29 is 13.6 Å². The molecule has 122 valence electrons. The summed E-state index contributed by atoms with van der Waals surface area (Å²) in [6.07, 6.45) is 3.91. The molecule has 4 rings (SSSR count). The minimum Gasteiger partial charge on any atom is -0.353 e. The first kappa shape index (κ1) is 14.8. The van der Waals surface area contributed by atoms with Gasteiger partial charge in [0.15, 0.2) is 10.9 Å². The number of piperidine rings is 1. The number of hydrogen-bond acceptors (Lipinski definition) is 4. The van der Waals surface area contributed by atoms with Gasteiger partial charge >= 0.3 is 0 Å². The van der Waals surface area contributed by atoms with Crippen LogP contribution in [-0.2, 0) is 4.79 Å². The van der Waals surface area contributed by atoms with Gasteiger partial charge in [0.2, 0.25) is 5.91 Å². The second-order valence-electron chi connectivity index (χ2n) is 6.30. The van der Waals surface area contributed by atoms with E-state index < -0.39 is 11.6 Å². The fourth-order valence-corrected chi connectivity index (χ4v) is 4.03. The maximum Gasteiger partial charge on any atom is 0.225 e. The van der Waals surface area contributed by atoms with Crippen LogP contribution in [0.4, 0.5) is 13.9 Å². The number of nitrogens with zero attached hydrogens (tertiary/aromatic N) is 2. The van der Waals surface area contributed by atoms with E-state index in [1.165, 1.54) is 17.4 Å². The lowest BCUT2D eigenvalue weighted by Gasteiger charge is -2.31. The minimum atomic E-state index is -0.637. The molecule has 1 saturated heterocycles. The molecule has 7 heteroatoms. The van der Waals surface area contributed by atoms with Crippen molar-refractivity contribution in [1.29, 1.82) is 0 Å². The van der Waals surface area contributed by atoms with Gasteiger partial charge in [-0.25, -0.2) is 13.8 Å². The van der Waals surface area contributed by atoms with Crippen LogP contribution in [0.3, 0.4) is 0 Å². The summed E-state index contributed by atoms with van der Waals surface area (Å²) in [7, 11) is 0. The zero-order valence-corrected chi connectivity index (χ0v) is 13.3. The lowest BCUT2D eigenvalue weighted by atomic mass is 9.97. The number of carbonyl (C=O) groups is 1. The molecule has 0 radical (unpaired) electrons. The molecule has 1 aromatic carbocycles. The van der Waals surface area contributed by atoms with Crippen LogP contribution in [0.1, 0.15) is 25.7 Å². The van der Waals surface area contributed by atoms with Gasteiger partial charge in [-0.2, -0.15) is 0 Å². The Morgan fingerprint density at radius 3 is 2.91 bits per heavy atom. The predicted octanol–water partition coefficient (Wildman–Crippen LogP) is 3.07. The molecule has 2 heterocycles. The second kappa shape index (κ2) is 5.70. The van der Waals surface area contributed by atoms with E-state index >= 15 is 0 Å². The summed E-state index contributed by atoms with van der Waals surface area (Å²) in [4.78, 5) is 18.6. The number of hydrogen-bond donors (Lipinski definition) is 1. The highest BCUT2D eigenvalue weighted by atomic mass is 32.1. The predicted molar refractivity (Wildman–Crippen MR) is 85.6 cm³/mol. The first-order valence-corrected chi connectivity index (χ1v) is 8.73. The third-order valence-corrected chi connectivity index (χ3v) is 5.45. The molecule has 4 nitrogen and oxygen atoms in total. The van der Waals surface area contributed by atoms with Gasteiger partial charge in [0, 0.05) is 25.2 Å². The Morgan fingerprint density at radius 2 is 2.13 bits per heavy atom. The van der Waals surface area contributed by atoms with Gasteiger partial charge < -0.3 is 10.2 Å². The first-order valence-electron chi connectivity index (χ1n) is 7.91. The molecule has 2 fully saturated rings. The number of amides is 1. The summed E-state index contributed by atoms with van der Waals surface area (Å²) < 4.78 is 27.6. The molecule has 0 spiro atoms. The topological polar surface area (TPSA) is 45.2 Å². The Morgan fingerprint density at radius 1 is 1.30 bits per heavy atom. The molecule has 2 aliphatic rings. The van der Waals surface area contributed by atoms with E-state index in [0.717, 1.165) is 38.3 Å².